The van der Waals surface area contributed by atoms with Crippen LogP contribution in [-0.2, 0) is 5.41 Å². The number of hydrogen-bond acceptors (Lipinski definition) is 2. The van der Waals surface area contributed by atoms with E-state index in [0.717, 1.165) is 31.6 Å². The molecule has 1 aromatic heterocycles. The van der Waals surface area contributed by atoms with E-state index in [0.29, 0.717) is 0 Å². The fourth-order valence-corrected chi connectivity index (χ4v) is 2.64. The molecule has 3 heteroatoms. The Morgan fingerprint density at radius 2 is 2.33 bits per heavy atom. The van der Waals surface area contributed by atoms with Crippen molar-refractivity contribution in [2.45, 2.75) is 11.8 Å². The molecule has 1 aromatic rings. The molecule has 78 valence electrons. The van der Waals surface area contributed by atoms with Crippen LogP contribution in [0.4, 0.5) is 4.39 Å². The lowest BCUT2D eigenvalue weighted by molar-refractivity contribution is 0.345. The summed E-state index contributed by atoms with van der Waals surface area (Å²) >= 11 is 0. The van der Waals surface area contributed by atoms with E-state index in [1.54, 1.807) is 6.20 Å². The predicted molar refractivity (Wildman–Crippen MR) is 56.1 cm³/mol. The van der Waals surface area contributed by atoms with Gasteiger partial charge in [-0.3, -0.25) is 4.90 Å². The van der Waals surface area contributed by atoms with Crippen LogP contribution < -0.4 is 0 Å². The van der Waals surface area contributed by atoms with E-state index < -0.39 is 5.95 Å². The number of halogens is 1. The summed E-state index contributed by atoms with van der Waals surface area (Å²) in [5.41, 5.74) is 1.24. The zero-order valence-electron chi connectivity index (χ0n) is 8.49. The van der Waals surface area contributed by atoms with Crippen LogP contribution >= 0.6 is 0 Å². The van der Waals surface area contributed by atoms with Crippen LogP contribution in [-0.4, -0.2) is 29.5 Å². The van der Waals surface area contributed by atoms with Gasteiger partial charge in [0.15, 0.2) is 0 Å². The summed E-state index contributed by atoms with van der Waals surface area (Å²) in [5, 5.41) is 0. The Kier molecular flexibility index (Phi) is 1.89. The quantitative estimate of drug-likeness (QED) is 0.511. The Balaban J connectivity index is 2.02. The summed E-state index contributed by atoms with van der Waals surface area (Å²) in [6, 6.07) is 3.32. The fraction of sp³-hybridized carbons (Fsp3) is 0.417. The zero-order chi connectivity index (χ0) is 10.3. The first-order valence-electron chi connectivity index (χ1n) is 5.31. The van der Waals surface area contributed by atoms with Gasteiger partial charge in [-0.2, -0.15) is 4.39 Å². The van der Waals surface area contributed by atoms with Gasteiger partial charge in [0.1, 0.15) is 0 Å². The van der Waals surface area contributed by atoms with Gasteiger partial charge >= 0.3 is 0 Å². The Hall–Kier alpha value is -1.22. The lowest BCUT2D eigenvalue weighted by Gasteiger charge is -2.29. The highest BCUT2D eigenvalue weighted by atomic mass is 19.1. The number of rotatable bonds is 1. The molecule has 3 heterocycles. The molecule has 3 rings (SSSR count). The van der Waals surface area contributed by atoms with Gasteiger partial charge in [-0.15, -0.1) is 0 Å². The van der Waals surface area contributed by atoms with Gasteiger partial charge in [0, 0.05) is 24.7 Å². The van der Waals surface area contributed by atoms with E-state index in [1.165, 1.54) is 6.07 Å². The second kappa shape index (κ2) is 3.14. The van der Waals surface area contributed by atoms with Crippen LogP contribution in [0.5, 0.6) is 0 Å². The van der Waals surface area contributed by atoms with Crippen molar-refractivity contribution >= 4 is 0 Å². The maximum atomic E-state index is 12.8. The van der Waals surface area contributed by atoms with E-state index in [9.17, 15) is 4.39 Å². The zero-order valence-corrected chi connectivity index (χ0v) is 8.49. The first kappa shape index (κ1) is 9.04. The molecule has 1 fully saturated rings. The highest BCUT2D eigenvalue weighted by Gasteiger charge is 2.39. The van der Waals surface area contributed by atoms with E-state index in [-0.39, 0.29) is 5.41 Å². The first-order chi connectivity index (χ1) is 7.28. The smallest absolute Gasteiger partial charge is 0.212 e. The number of hydrogen-bond donors (Lipinski definition) is 0. The van der Waals surface area contributed by atoms with Crippen LogP contribution in [0, 0.1) is 5.95 Å². The van der Waals surface area contributed by atoms with Crippen molar-refractivity contribution < 1.29 is 4.39 Å². The van der Waals surface area contributed by atoms with Crippen LogP contribution in [0.1, 0.15) is 12.0 Å². The first-order valence-corrected chi connectivity index (χ1v) is 5.31. The van der Waals surface area contributed by atoms with Crippen molar-refractivity contribution in [1.82, 2.24) is 9.88 Å². The Morgan fingerprint density at radius 3 is 3.13 bits per heavy atom. The van der Waals surface area contributed by atoms with E-state index >= 15 is 0 Å². The number of nitrogens with zero attached hydrogens (tertiary/aromatic N) is 2. The summed E-state index contributed by atoms with van der Waals surface area (Å²) in [6.45, 7) is 3.23. The third kappa shape index (κ3) is 1.38. The van der Waals surface area contributed by atoms with Gasteiger partial charge in [0.25, 0.3) is 0 Å². The molecule has 0 saturated carbocycles. The molecule has 0 radical (unpaired) electrons. The normalized spacial score (nSPS) is 33.3. The maximum absolute atomic E-state index is 12.8. The average molecular weight is 204 g/mol. The Labute approximate surface area is 88.4 Å². The SMILES string of the molecule is Fc1ccc(C23C=CCN(CC2)C3)cn1. The fourth-order valence-electron chi connectivity index (χ4n) is 2.64. The number of pyridine rings is 1. The number of fused-ring (bicyclic) bond motifs is 2. The Morgan fingerprint density at radius 1 is 1.40 bits per heavy atom. The van der Waals surface area contributed by atoms with E-state index in [2.05, 4.69) is 22.0 Å². The Bertz CT molecular complexity index is 399. The van der Waals surface area contributed by atoms with Crippen molar-refractivity contribution in [3.63, 3.8) is 0 Å². The van der Waals surface area contributed by atoms with Crippen LogP contribution in [0.3, 0.4) is 0 Å². The highest BCUT2D eigenvalue weighted by molar-refractivity contribution is 5.33. The van der Waals surface area contributed by atoms with Crippen molar-refractivity contribution in [2.75, 3.05) is 19.6 Å². The summed E-state index contributed by atoms with van der Waals surface area (Å²) in [6.07, 6.45) is 7.27. The molecule has 1 saturated heterocycles. The molecule has 0 aliphatic carbocycles. The molecule has 0 spiro atoms. The van der Waals surface area contributed by atoms with Crippen LogP contribution in [0.25, 0.3) is 0 Å². The summed E-state index contributed by atoms with van der Waals surface area (Å²) in [4.78, 5) is 6.17. The monoisotopic (exact) mass is 204 g/mol. The number of aromatic nitrogens is 1. The minimum absolute atomic E-state index is 0.0962. The van der Waals surface area contributed by atoms with Crippen molar-refractivity contribution in [3.05, 3.63) is 42.0 Å². The van der Waals surface area contributed by atoms with E-state index in [4.69, 9.17) is 0 Å². The second-order valence-electron chi connectivity index (χ2n) is 4.41. The van der Waals surface area contributed by atoms with Gasteiger partial charge in [0.2, 0.25) is 5.95 Å². The minimum Gasteiger partial charge on any atom is -0.298 e. The molecular weight excluding hydrogens is 191 g/mol. The molecule has 2 unspecified atom stereocenters. The van der Waals surface area contributed by atoms with Crippen LogP contribution in [0.2, 0.25) is 0 Å². The second-order valence-corrected chi connectivity index (χ2v) is 4.41. The lowest BCUT2D eigenvalue weighted by Crippen LogP contribution is -2.33. The lowest BCUT2D eigenvalue weighted by atomic mass is 9.79. The molecular formula is C12H13FN2. The van der Waals surface area contributed by atoms with Gasteiger partial charge in [-0.1, -0.05) is 18.2 Å². The minimum atomic E-state index is -0.398. The molecule has 0 amide bonds. The molecule has 2 aliphatic rings. The molecule has 2 nitrogen and oxygen atoms in total. The molecule has 0 N–H and O–H groups in total. The maximum Gasteiger partial charge on any atom is 0.212 e. The van der Waals surface area contributed by atoms with Gasteiger partial charge < -0.3 is 0 Å². The van der Waals surface area contributed by atoms with Gasteiger partial charge in [-0.25, -0.2) is 4.98 Å². The van der Waals surface area contributed by atoms with Crippen molar-refractivity contribution in [3.8, 4) is 0 Å². The summed E-state index contributed by atoms with van der Waals surface area (Å²) in [7, 11) is 0. The standard InChI is InChI=1S/C12H13FN2/c13-11-3-2-10(8-14-11)12-4-1-6-15(9-12)7-5-12/h1-4,8H,5-7,9H2. The molecule has 2 atom stereocenters. The molecule has 0 aromatic carbocycles. The topological polar surface area (TPSA) is 16.1 Å². The van der Waals surface area contributed by atoms with Gasteiger partial charge in [0.05, 0.1) is 0 Å². The third-order valence-electron chi connectivity index (χ3n) is 3.48. The molecule has 2 aliphatic heterocycles. The molecule has 15 heavy (non-hydrogen) atoms. The predicted octanol–water partition coefficient (Wildman–Crippen LogP) is 1.73. The van der Waals surface area contributed by atoms with E-state index in [1.807, 2.05) is 6.07 Å². The largest absolute Gasteiger partial charge is 0.298 e. The average Bonchev–Trinajstić information content (AvgIpc) is 2.56. The summed E-state index contributed by atoms with van der Waals surface area (Å²) < 4.78 is 12.8. The van der Waals surface area contributed by atoms with Crippen molar-refractivity contribution in [2.24, 2.45) is 0 Å². The molecule has 2 bridgehead atoms. The summed E-state index contributed by atoms with van der Waals surface area (Å²) in [5.74, 6) is -0.398. The third-order valence-corrected chi connectivity index (χ3v) is 3.48. The van der Waals surface area contributed by atoms with Crippen LogP contribution in [0.15, 0.2) is 30.5 Å². The highest BCUT2D eigenvalue weighted by Crippen LogP contribution is 2.37. The van der Waals surface area contributed by atoms with Gasteiger partial charge in [-0.05, 0) is 24.6 Å². The van der Waals surface area contributed by atoms with Crippen molar-refractivity contribution in [1.29, 1.82) is 0 Å².